The van der Waals surface area contributed by atoms with Gasteiger partial charge in [-0.1, -0.05) is 30.3 Å². The molecule has 0 unspecified atom stereocenters. The van der Waals surface area contributed by atoms with Crippen molar-refractivity contribution in [3.63, 3.8) is 0 Å². The number of amides is 2. The molecule has 1 heterocycles. The summed E-state index contributed by atoms with van der Waals surface area (Å²) in [6.45, 7) is -2.35. The second-order valence-electron chi connectivity index (χ2n) is 9.33. The number of rotatable bonds is 10. The van der Waals surface area contributed by atoms with E-state index in [9.17, 15) is 18.4 Å². The summed E-state index contributed by atoms with van der Waals surface area (Å²) in [6.07, 6.45) is 5.12. The van der Waals surface area contributed by atoms with Gasteiger partial charge in [0.25, 0.3) is 0 Å². The zero-order valence-corrected chi connectivity index (χ0v) is 20.3. The number of hydrogen-bond donors (Lipinski definition) is 4. The van der Waals surface area contributed by atoms with Gasteiger partial charge in [-0.05, 0) is 67.5 Å². The van der Waals surface area contributed by atoms with Crippen molar-refractivity contribution < 1.29 is 23.1 Å². The maximum atomic E-state index is 13.2. The van der Waals surface area contributed by atoms with E-state index < -0.39 is 18.6 Å². The summed E-state index contributed by atoms with van der Waals surface area (Å²) in [5.74, 6) is 0.195. The number of nitrogens with zero attached hydrogens (tertiary/aromatic N) is 1. The van der Waals surface area contributed by atoms with Crippen molar-refractivity contribution in [2.24, 2.45) is 23.3 Å². The molecule has 0 bridgehead atoms. The molecule has 1 saturated carbocycles. The monoisotopic (exact) mass is 511 g/mol. The van der Waals surface area contributed by atoms with Crippen molar-refractivity contribution in [1.29, 1.82) is 0 Å². The lowest BCUT2D eigenvalue weighted by atomic mass is 9.81. The largest absolute Gasteiger partial charge is 0.435 e. The van der Waals surface area contributed by atoms with Gasteiger partial charge in [0.15, 0.2) is 0 Å². The summed E-state index contributed by atoms with van der Waals surface area (Å²) in [5, 5.41) is 3.09. The van der Waals surface area contributed by atoms with Crippen LogP contribution in [-0.4, -0.2) is 34.9 Å². The Hall–Kier alpha value is -3.79. The number of nitrogens with two attached hydrogens (primary N) is 2. The van der Waals surface area contributed by atoms with Gasteiger partial charge >= 0.3 is 6.61 Å². The van der Waals surface area contributed by atoms with E-state index in [0.29, 0.717) is 35.1 Å². The summed E-state index contributed by atoms with van der Waals surface area (Å²) >= 11 is 0. The van der Waals surface area contributed by atoms with Gasteiger partial charge < -0.3 is 26.5 Å². The molecule has 10 heteroatoms. The standard InChI is InChI=1S/C27H31F2N5O3/c28-27(29)37-23-4-2-1-3-20(23)13-21(34-26(36)19-7-5-16(14-30)6-8-19)25-32-15-22(33-25)17-9-11-18(12-10-17)24(31)35/h1-4,9-12,15-16,19,21,27H,5-8,13-14,30H2,(H2,31,35)(H,32,33)(H,34,36)/t16?,19?,21-/m0/s1. The van der Waals surface area contributed by atoms with E-state index in [0.717, 1.165) is 31.2 Å². The number of para-hydroxylation sites is 1. The Morgan fingerprint density at radius 2 is 1.78 bits per heavy atom. The Morgan fingerprint density at radius 3 is 2.43 bits per heavy atom. The number of H-pyrrole nitrogens is 1. The predicted molar refractivity (Wildman–Crippen MR) is 135 cm³/mol. The fourth-order valence-electron chi connectivity index (χ4n) is 4.74. The lowest BCUT2D eigenvalue weighted by Gasteiger charge is -2.28. The molecular weight excluding hydrogens is 480 g/mol. The smallest absolute Gasteiger partial charge is 0.387 e. The van der Waals surface area contributed by atoms with Crippen LogP contribution < -0.4 is 21.5 Å². The van der Waals surface area contributed by atoms with E-state index >= 15 is 0 Å². The summed E-state index contributed by atoms with van der Waals surface area (Å²) in [5.41, 5.74) is 13.5. The second kappa shape index (κ2) is 12.0. The van der Waals surface area contributed by atoms with Crippen LogP contribution in [0.15, 0.2) is 54.7 Å². The molecule has 1 fully saturated rings. The minimum absolute atomic E-state index is 0.0500. The zero-order valence-electron chi connectivity index (χ0n) is 20.3. The first-order valence-electron chi connectivity index (χ1n) is 12.3. The molecule has 3 aromatic rings. The van der Waals surface area contributed by atoms with E-state index in [1.54, 1.807) is 48.7 Å². The summed E-state index contributed by atoms with van der Waals surface area (Å²) in [6, 6.07) is 12.6. The van der Waals surface area contributed by atoms with E-state index in [1.807, 2.05) is 0 Å². The number of imidazole rings is 1. The number of alkyl halides is 2. The minimum atomic E-state index is -2.97. The molecule has 1 aliphatic rings. The number of primary amides is 1. The summed E-state index contributed by atoms with van der Waals surface area (Å²) in [4.78, 5) is 32.3. The number of nitrogens with one attached hydrogen (secondary N) is 2. The van der Waals surface area contributed by atoms with Gasteiger partial charge in [0.2, 0.25) is 11.8 Å². The number of hydrogen-bond acceptors (Lipinski definition) is 5. The molecule has 2 amide bonds. The second-order valence-corrected chi connectivity index (χ2v) is 9.33. The quantitative estimate of drug-likeness (QED) is 0.327. The summed E-state index contributed by atoms with van der Waals surface area (Å²) in [7, 11) is 0. The number of aromatic amines is 1. The lowest BCUT2D eigenvalue weighted by molar-refractivity contribution is -0.127. The molecule has 8 nitrogen and oxygen atoms in total. The van der Waals surface area contributed by atoms with Crippen LogP contribution in [0.5, 0.6) is 5.75 Å². The Kier molecular flexibility index (Phi) is 8.50. The minimum Gasteiger partial charge on any atom is -0.435 e. The van der Waals surface area contributed by atoms with Crippen LogP contribution in [0.2, 0.25) is 0 Å². The van der Waals surface area contributed by atoms with Crippen LogP contribution in [0.1, 0.15) is 53.5 Å². The van der Waals surface area contributed by atoms with Crippen LogP contribution >= 0.6 is 0 Å². The third-order valence-electron chi connectivity index (χ3n) is 6.89. The number of aromatic nitrogens is 2. The maximum Gasteiger partial charge on any atom is 0.387 e. The van der Waals surface area contributed by atoms with Crippen molar-refractivity contribution >= 4 is 11.8 Å². The van der Waals surface area contributed by atoms with E-state index in [2.05, 4.69) is 15.3 Å². The highest BCUT2D eigenvalue weighted by atomic mass is 19.3. The lowest BCUT2D eigenvalue weighted by Crippen LogP contribution is -2.37. The van der Waals surface area contributed by atoms with Crippen LogP contribution in [-0.2, 0) is 11.2 Å². The molecule has 1 aromatic heterocycles. The predicted octanol–water partition coefficient (Wildman–Crippen LogP) is 3.94. The van der Waals surface area contributed by atoms with Crippen molar-refractivity contribution in [1.82, 2.24) is 15.3 Å². The molecule has 0 aliphatic heterocycles. The molecule has 1 aliphatic carbocycles. The fourth-order valence-corrected chi connectivity index (χ4v) is 4.74. The van der Waals surface area contributed by atoms with Crippen molar-refractivity contribution in [2.75, 3.05) is 6.54 Å². The van der Waals surface area contributed by atoms with Gasteiger partial charge in [0.1, 0.15) is 11.6 Å². The van der Waals surface area contributed by atoms with Gasteiger partial charge in [-0.3, -0.25) is 9.59 Å². The number of halogens is 2. The third kappa shape index (κ3) is 6.71. The zero-order chi connectivity index (χ0) is 26.4. The number of carbonyl (C=O) groups is 2. The highest BCUT2D eigenvalue weighted by Crippen LogP contribution is 2.31. The molecule has 4 rings (SSSR count). The molecular formula is C27H31F2N5O3. The normalized spacial score (nSPS) is 18.4. The van der Waals surface area contributed by atoms with Gasteiger partial charge in [0, 0.05) is 17.9 Å². The number of carbonyl (C=O) groups excluding carboxylic acids is 2. The highest BCUT2D eigenvalue weighted by Gasteiger charge is 2.29. The first-order chi connectivity index (χ1) is 17.8. The SMILES string of the molecule is NCC1CCC(C(=O)N[C@@H](Cc2ccccc2OC(F)F)c2ncc(-c3ccc(C(N)=O)cc3)[nH]2)CC1. The van der Waals surface area contributed by atoms with Gasteiger partial charge in [-0.25, -0.2) is 4.98 Å². The van der Waals surface area contributed by atoms with Gasteiger partial charge in [0.05, 0.1) is 17.9 Å². The van der Waals surface area contributed by atoms with Gasteiger partial charge in [-0.2, -0.15) is 8.78 Å². The van der Waals surface area contributed by atoms with Crippen molar-refractivity contribution in [2.45, 2.75) is 44.8 Å². The van der Waals surface area contributed by atoms with E-state index in [-0.39, 0.29) is 24.0 Å². The molecule has 1 atom stereocenters. The Labute approximate surface area is 213 Å². The average Bonchev–Trinajstić information content (AvgIpc) is 3.39. The Morgan fingerprint density at radius 1 is 1.08 bits per heavy atom. The Bertz CT molecular complexity index is 1210. The topological polar surface area (TPSA) is 136 Å². The number of ether oxygens (including phenoxy) is 1. The molecule has 0 spiro atoms. The molecule has 196 valence electrons. The van der Waals surface area contributed by atoms with Crippen LogP contribution in [0.25, 0.3) is 11.3 Å². The third-order valence-corrected chi connectivity index (χ3v) is 6.89. The van der Waals surface area contributed by atoms with Crippen LogP contribution in [0.3, 0.4) is 0 Å². The molecule has 0 radical (unpaired) electrons. The van der Waals surface area contributed by atoms with E-state index in [1.165, 1.54) is 6.07 Å². The Balaban J connectivity index is 1.58. The molecule has 6 N–H and O–H groups in total. The van der Waals surface area contributed by atoms with E-state index in [4.69, 9.17) is 16.2 Å². The molecule has 37 heavy (non-hydrogen) atoms. The van der Waals surface area contributed by atoms with Gasteiger partial charge in [-0.15, -0.1) is 0 Å². The molecule has 2 aromatic carbocycles. The number of benzene rings is 2. The fraction of sp³-hybridized carbons (Fsp3) is 0.370. The first-order valence-corrected chi connectivity index (χ1v) is 12.3. The van der Waals surface area contributed by atoms with Crippen molar-refractivity contribution in [3.05, 3.63) is 71.7 Å². The highest BCUT2D eigenvalue weighted by molar-refractivity contribution is 5.93. The average molecular weight is 512 g/mol. The first kappa shape index (κ1) is 26.3. The van der Waals surface area contributed by atoms with Crippen molar-refractivity contribution in [3.8, 4) is 17.0 Å². The van der Waals surface area contributed by atoms with Crippen LogP contribution in [0, 0.1) is 11.8 Å². The summed E-state index contributed by atoms with van der Waals surface area (Å²) < 4.78 is 30.7. The maximum absolute atomic E-state index is 13.2. The molecule has 0 saturated heterocycles. The van der Waals surface area contributed by atoms with Crippen LogP contribution in [0.4, 0.5) is 8.78 Å².